The molecule has 1 aliphatic heterocycles. The van der Waals surface area contributed by atoms with E-state index in [1.165, 1.54) is 4.31 Å². The lowest BCUT2D eigenvalue weighted by molar-refractivity contribution is -0.0571. The van der Waals surface area contributed by atoms with E-state index in [9.17, 15) is 8.42 Å². The molecule has 2 atom stereocenters. The third-order valence-electron chi connectivity index (χ3n) is 4.71. The van der Waals surface area contributed by atoms with Crippen LogP contribution in [-0.4, -0.2) is 44.5 Å². The lowest BCUT2D eigenvalue weighted by Gasteiger charge is -2.37. The number of ether oxygens (including phenoxy) is 3. The Labute approximate surface area is 167 Å². The molecule has 2 aromatic carbocycles. The van der Waals surface area contributed by atoms with Crippen LogP contribution in [0, 0.1) is 0 Å². The maximum absolute atomic E-state index is 12.8. The summed E-state index contributed by atoms with van der Waals surface area (Å²) in [6.45, 7) is 3.23. The van der Waals surface area contributed by atoms with Gasteiger partial charge >= 0.3 is 0 Å². The van der Waals surface area contributed by atoms with Gasteiger partial charge in [-0.15, -0.1) is 0 Å². The van der Waals surface area contributed by atoms with E-state index in [0.29, 0.717) is 26.2 Å². The molecule has 28 heavy (non-hydrogen) atoms. The van der Waals surface area contributed by atoms with Crippen molar-refractivity contribution in [2.24, 2.45) is 0 Å². The molecule has 0 amide bonds. The minimum Gasteiger partial charge on any atom is -0.497 e. The fraction of sp³-hybridized carbons (Fsp3) is 0.429. The average molecular weight is 406 g/mol. The minimum absolute atomic E-state index is 0.277. The van der Waals surface area contributed by atoms with Gasteiger partial charge in [0.05, 0.1) is 26.4 Å². The second-order valence-corrected chi connectivity index (χ2v) is 8.85. The van der Waals surface area contributed by atoms with E-state index in [1.807, 2.05) is 61.5 Å². The number of benzene rings is 2. The molecule has 0 saturated carbocycles. The zero-order valence-electron chi connectivity index (χ0n) is 16.3. The summed E-state index contributed by atoms with van der Waals surface area (Å²) in [7, 11) is -1.91. The number of sulfonamides is 1. The number of rotatable bonds is 8. The van der Waals surface area contributed by atoms with Crippen LogP contribution in [0.2, 0.25) is 0 Å². The zero-order valence-corrected chi connectivity index (χ0v) is 17.1. The smallest absolute Gasteiger partial charge is 0.241 e. The van der Waals surface area contributed by atoms with E-state index in [0.717, 1.165) is 16.9 Å². The molecule has 0 N–H and O–H groups in total. The molecule has 0 bridgehead atoms. The van der Waals surface area contributed by atoms with Gasteiger partial charge in [0.1, 0.15) is 5.75 Å². The molecule has 7 heteroatoms. The third kappa shape index (κ3) is 5.11. The molecule has 2 aromatic rings. The average Bonchev–Trinajstić information content (AvgIpc) is 2.71. The molecule has 1 aliphatic rings. The predicted octanol–water partition coefficient (Wildman–Crippen LogP) is 3.18. The first-order valence-electron chi connectivity index (χ1n) is 9.42. The Balaban J connectivity index is 1.65. The van der Waals surface area contributed by atoms with Crippen LogP contribution >= 0.6 is 0 Å². The fourth-order valence-electron chi connectivity index (χ4n) is 3.20. The van der Waals surface area contributed by atoms with Crippen LogP contribution in [0.15, 0.2) is 54.6 Å². The zero-order chi connectivity index (χ0) is 20.0. The van der Waals surface area contributed by atoms with Gasteiger partial charge in [-0.3, -0.25) is 0 Å². The van der Waals surface area contributed by atoms with Gasteiger partial charge in [-0.2, -0.15) is 4.31 Å². The first-order chi connectivity index (χ1) is 13.5. The van der Waals surface area contributed by atoms with Crippen molar-refractivity contribution in [2.75, 3.05) is 20.3 Å². The van der Waals surface area contributed by atoms with E-state index >= 15 is 0 Å². The Hall–Kier alpha value is -1.93. The molecular formula is C21H27NO5S. The fourth-order valence-corrected chi connectivity index (χ4v) is 4.95. The molecule has 6 nitrogen and oxygen atoms in total. The van der Waals surface area contributed by atoms with Gasteiger partial charge in [0.15, 0.2) is 5.44 Å². The summed E-state index contributed by atoms with van der Waals surface area (Å²) in [6.07, 6.45) is 0.104. The topological polar surface area (TPSA) is 65.1 Å². The molecule has 2 unspecified atom stereocenters. The summed E-state index contributed by atoms with van der Waals surface area (Å²) in [5, 5.41) is 0. The first-order valence-corrected chi connectivity index (χ1v) is 10.9. The van der Waals surface area contributed by atoms with Gasteiger partial charge in [0.2, 0.25) is 10.0 Å². The Bertz CT molecular complexity index is 839. The largest absolute Gasteiger partial charge is 0.497 e. The van der Waals surface area contributed by atoms with Crippen LogP contribution < -0.4 is 4.74 Å². The highest BCUT2D eigenvalue weighted by molar-refractivity contribution is 7.89. The summed E-state index contributed by atoms with van der Waals surface area (Å²) in [5.74, 6) is 0.743. The standard InChI is InChI=1S/C21H27NO5S/c1-3-21-27-20(16-26-15-18-7-5-4-6-8-18)14-22(28(21,23)24)13-17-9-11-19(25-2)12-10-17/h4-12,20-21H,3,13-16H2,1-2H3. The number of methoxy groups -OCH3 is 1. The van der Waals surface area contributed by atoms with Crippen LogP contribution in [0.25, 0.3) is 0 Å². The van der Waals surface area contributed by atoms with Crippen LogP contribution in [0.1, 0.15) is 24.5 Å². The minimum atomic E-state index is -3.51. The lowest BCUT2D eigenvalue weighted by atomic mass is 10.2. The van der Waals surface area contributed by atoms with Crippen LogP contribution in [0.3, 0.4) is 0 Å². The van der Waals surface area contributed by atoms with E-state index < -0.39 is 15.5 Å². The van der Waals surface area contributed by atoms with Gasteiger partial charge in [-0.1, -0.05) is 49.4 Å². The molecule has 152 valence electrons. The van der Waals surface area contributed by atoms with Gasteiger partial charge in [0, 0.05) is 13.1 Å². The predicted molar refractivity (Wildman–Crippen MR) is 107 cm³/mol. The maximum atomic E-state index is 12.8. The second-order valence-electron chi connectivity index (χ2n) is 6.78. The molecular weight excluding hydrogens is 378 g/mol. The van der Waals surface area contributed by atoms with Crippen LogP contribution in [0.5, 0.6) is 5.75 Å². The van der Waals surface area contributed by atoms with E-state index in [4.69, 9.17) is 14.2 Å². The van der Waals surface area contributed by atoms with Crippen molar-refractivity contribution in [1.29, 1.82) is 0 Å². The molecule has 0 spiro atoms. The van der Waals surface area contributed by atoms with Crippen molar-refractivity contribution < 1.29 is 22.6 Å². The monoisotopic (exact) mass is 405 g/mol. The Morgan fingerprint density at radius 2 is 1.79 bits per heavy atom. The molecule has 0 aliphatic carbocycles. The Kier molecular flexibility index (Phi) is 7.07. The highest BCUT2D eigenvalue weighted by atomic mass is 32.2. The summed E-state index contributed by atoms with van der Waals surface area (Å²) < 4.78 is 44.0. The molecule has 1 heterocycles. The summed E-state index contributed by atoms with van der Waals surface area (Å²) in [5.41, 5.74) is 1.14. The molecule has 1 fully saturated rings. The SMILES string of the molecule is CCC1OC(COCc2ccccc2)CN(Cc2ccc(OC)cc2)S1(=O)=O. The van der Waals surface area contributed by atoms with Gasteiger partial charge in [-0.05, 0) is 29.7 Å². The second kappa shape index (κ2) is 9.52. The van der Waals surface area contributed by atoms with Gasteiger partial charge in [-0.25, -0.2) is 8.42 Å². The normalized spacial score (nSPS) is 22.1. The van der Waals surface area contributed by atoms with Crippen molar-refractivity contribution >= 4 is 10.0 Å². The van der Waals surface area contributed by atoms with Gasteiger partial charge in [0.25, 0.3) is 0 Å². The van der Waals surface area contributed by atoms with E-state index in [2.05, 4.69) is 0 Å². The molecule has 1 saturated heterocycles. The number of hydrogen-bond donors (Lipinski definition) is 0. The lowest BCUT2D eigenvalue weighted by Crippen LogP contribution is -2.52. The Morgan fingerprint density at radius 1 is 1.07 bits per heavy atom. The highest BCUT2D eigenvalue weighted by Gasteiger charge is 2.40. The maximum Gasteiger partial charge on any atom is 0.241 e. The third-order valence-corrected chi connectivity index (χ3v) is 6.82. The van der Waals surface area contributed by atoms with E-state index in [1.54, 1.807) is 7.11 Å². The summed E-state index contributed by atoms with van der Waals surface area (Å²) in [4.78, 5) is 0. The highest BCUT2D eigenvalue weighted by Crippen LogP contribution is 2.25. The number of nitrogens with zero attached hydrogens (tertiary/aromatic N) is 1. The van der Waals surface area contributed by atoms with Crippen LogP contribution in [0.4, 0.5) is 0 Å². The van der Waals surface area contributed by atoms with Crippen molar-refractivity contribution in [3.05, 3.63) is 65.7 Å². The molecule has 0 radical (unpaired) electrons. The summed E-state index contributed by atoms with van der Waals surface area (Å²) in [6, 6.07) is 17.3. The van der Waals surface area contributed by atoms with Crippen molar-refractivity contribution in [3.8, 4) is 5.75 Å². The first kappa shape index (κ1) is 20.8. The Morgan fingerprint density at radius 3 is 2.43 bits per heavy atom. The number of hydrogen-bond acceptors (Lipinski definition) is 5. The van der Waals surface area contributed by atoms with Crippen molar-refractivity contribution in [2.45, 2.75) is 38.0 Å². The van der Waals surface area contributed by atoms with Crippen molar-refractivity contribution in [3.63, 3.8) is 0 Å². The van der Waals surface area contributed by atoms with Crippen LogP contribution in [-0.2, 0) is 32.6 Å². The van der Waals surface area contributed by atoms with Crippen molar-refractivity contribution in [1.82, 2.24) is 4.31 Å². The quantitative estimate of drug-likeness (QED) is 0.675. The molecule has 0 aromatic heterocycles. The molecule has 3 rings (SSSR count). The van der Waals surface area contributed by atoms with E-state index in [-0.39, 0.29) is 12.6 Å². The van der Waals surface area contributed by atoms with Gasteiger partial charge < -0.3 is 14.2 Å². The summed E-state index contributed by atoms with van der Waals surface area (Å²) >= 11 is 0.